The lowest BCUT2D eigenvalue weighted by Crippen LogP contribution is -2.28. The van der Waals surface area contributed by atoms with Crippen LogP contribution in [0.2, 0.25) is 5.02 Å². The molecule has 4 heteroatoms. The van der Waals surface area contributed by atoms with E-state index >= 15 is 0 Å². The number of rotatable bonds is 13. The lowest BCUT2D eigenvalue weighted by Gasteiger charge is -2.17. The smallest absolute Gasteiger partial charge is 0.234 e. The molecule has 0 saturated carbocycles. The third kappa shape index (κ3) is 9.64. The number of halogens is 1. The average molecular weight is 366 g/mol. The summed E-state index contributed by atoms with van der Waals surface area (Å²) in [4.78, 5) is 25.7. The highest BCUT2D eigenvalue weighted by Gasteiger charge is 2.15. The monoisotopic (exact) mass is 365 g/mol. The number of benzene rings is 1. The predicted octanol–water partition coefficient (Wildman–Crippen LogP) is 6.18. The maximum Gasteiger partial charge on any atom is 0.234 e. The minimum atomic E-state index is -0.164. The maximum atomic E-state index is 12.2. The first-order valence-electron chi connectivity index (χ1n) is 9.58. The van der Waals surface area contributed by atoms with E-state index in [1.807, 2.05) is 0 Å². The second-order valence-corrected chi connectivity index (χ2v) is 7.16. The summed E-state index contributed by atoms with van der Waals surface area (Å²) in [6, 6.07) is 7.05. The highest BCUT2D eigenvalue weighted by molar-refractivity contribution is 6.30. The van der Waals surface area contributed by atoms with Crippen LogP contribution >= 0.6 is 11.6 Å². The highest BCUT2D eigenvalue weighted by atomic mass is 35.5. The van der Waals surface area contributed by atoms with Crippen molar-refractivity contribution in [3.8, 4) is 0 Å². The summed E-state index contributed by atoms with van der Waals surface area (Å²) in [5.41, 5.74) is 0.755. The third-order valence-electron chi connectivity index (χ3n) is 4.50. The van der Waals surface area contributed by atoms with E-state index in [9.17, 15) is 9.59 Å². The number of Topliss-reactive ketones (excluding diaryl/α,β-unsaturated/α-hetero) is 1. The molecule has 3 nitrogen and oxygen atoms in total. The van der Waals surface area contributed by atoms with Crippen LogP contribution in [0, 0.1) is 0 Å². The first-order valence-corrected chi connectivity index (χ1v) is 9.96. The molecule has 0 atom stereocenters. The van der Waals surface area contributed by atoms with Gasteiger partial charge in [0.25, 0.3) is 0 Å². The predicted molar refractivity (Wildman–Crippen MR) is 106 cm³/mol. The van der Waals surface area contributed by atoms with Gasteiger partial charge in [-0.25, -0.2) is 0 Å². The minimum Gasteiger partial charge on any atom is -0.315 e. The van der Waals surface area contributed by atoms with E-state index in [4.69, 9.17) is 11.6 Å². The van der Waals surface area contributed by atoms with E-state index in [-0.39, 0.29) is 18.1 Å². The molecular formula is C21H32ClNO2. The van der Waals surface area contributed by atoms with E-state index in [0.29, 0.717) is 11.4 Å². The van der Waals surface area contributed by atoms with E-state index in [2.05, 4.69) is 6.92 Å². The number of carbonyl (C=O) groups is 2. The molecule has 0 heterocycles. The lowest BCUT2D eigenvalue weighted by atomic mass is 10.0. The van der Waals surface area contributed by atoms with Crippen molar-refractivity contribution < 1.29 is 9.59 Å². The molecule has 0 aromatic heterocycles. The molecule has 0 N–H and O–H groups in total. The Hall–Kier alpha value is -1.35. The van der Waals surface area contributed by atoms with Gasteiger partial charge in [-0.1, -0.05) is 69.9 Å². The zero-order valence-electron chi connectivity index (χ0n) is 15.7. The van der Waals surface area contributed by atoms with Gasteiger partial charge in [-0.05, 0) is 30.7 Å². The molecule has 0 aliphatic carbocycles. The summed E-state index contributed by atoms with van der Waals surface area (Å²) >= 11 is 5.85. The van der Waals surface area contributed by atoms with Gasteiger partial charge in [0.2, 0.25) is 5.91 Å². The van der Waals surface area contributed by atoms with Crippen LogP contribution in [0.15, 0.2) is 24.3 Å². The van der Waals surface area contributed by atoms with Gasteiger partial charge in [0.05, 0.1) is 6.42 Å². The maximum absolute atomic E-state index is 12.2. The molecule has 0 aliphatic heterocycles. The molecule has 0 spiro atoms. The Kier molecular flexibility index (Phi) is 11.2. The Balaban J connectivity index is 2.13. The molecule has 1 aromatic carbocycles. The van der Waals surface area contributed by atoms with Gasteiger partial charge >= 0.3 is 0 Å². The van der Waals surface area contributed by atoms with E-state index in [1.165, 1.54) is 49.8 Å². The van der Waals surface area contributed by atoms with Crippen LogP contribution in [0.1, 0.15) is 77.6 Å². The van der Waals surface area contributed by atoms with Crippen molar-refractivity contribution in [3.05, 3.63) is 29.3 Å². The standard InChI is InChI=1S/C21H32ClNO2/c1-3-4-5-6-7-8-9-10-11-12-20(24)17-21(25)23(2)19-15-13-18(22)14-16-19/h13-16H,3-12,17H2,1-2H3. The fourth-order valence-corrected chi connectivity index (χ4v) is 2.94. The van der Waals surface area contributed by atoms with Crippen molar-refractivity contribution in [2.45, 2.75) is 77.6 Å². The molecule has 25 heavy (non-hydrogen) atoms. The first kappa shape index (κ1) is 21.7. The lowest BCUT2D eigenvalue weighted by molar-refractivity contribution is -0.126. The normalized spacial score (nSPS) is 10.7. The zero-order chi connectivity index (χ0) is 18.5. The fraction of sp³-hybridized carbons (Fsp3) is 0.619. The van der Waals surface area contributed by atoms with Crippen molar-refractivity contribution in [2.24, 2.45) is 0 Å². The first-order chi connectivity index (χ1) is 12.0. The molecule has 1 rings (SSSR count). The molecule has 0 radical (unpaired) electrons. The van der Waals surface area contributed by atoms with Crippen molar-refractivity contribution in [1.29, 1.82) is 0 Å². The summed E-state index contributed by atoms with van der Waals surface area (Å²) in [6.45, 7) is 2.23. The highest BCUT2D eigenvalue weighted by Crippen LogP contribution is 2.18. The number of hydrogen-bond acceptors (Lipinski definition) is 2. The van der Waals surface area contributed by atoms with Crippen LogP contribution in [-0.2, 0) is 9.59 Å². The van der Waals surface area contributed by atoms with E-state index < -0.39 is 0 Å². The molecule has 0 unspecified atom stereocenters. The number of carbonyl (C=O) groups excluding carboxylic acids is 2. The number of unbranched alkanes of at least 4 members (excludes halogenated alkanes) is 8. The summed E-state index contributed by atoms with van der Waals surface area (Å²) in [7, 11) is 1.69. The Morgan fingerprint density at radius 3 is 1.96 bits per heavy atom. The second-order valence-electron chi connectivity index (χ2n) is 6.72. The van der Waals surface area contributed by atoms with Crippen LogP contribution < -0.4 is 4.90 Å². The van der Waals surface area contributed by atoms with E-state index in [1.54, 1.807) is 31.3 Å². The molecule has 0 saturated heterocycles. The summed E-state index contributed by atoms with van der Waals surface area (Å²) in [5, 5.41) is 0.631. The fourth-order valence-electron chi connectivity index (χ4n) is 2.82. The van der Waals surface area contributed by atoms with Gasteiger partial charge in [0.15, 0.2) is 0 Å². The zero-order valence-corrected chi connectivity index (χ0v) is 16.5. The van der Waals surface area contributed by atoms with Gasteiger partial charge in [-0.15, -0.1) is 0 Å². The van der Waals surface area contributed by atoms with Crippen LogP contribution in [0.4, 0.5) is 5.69 Å². The van der Waals surface area contributed by atoms with Crippen molar-refractivity contribution >= 4 is 29.0 Å². The molecule has 1 aromatic rings. The van der Waals surface area contributed by atoms with Crippen LogP contribution in [0.25, 0.3) is 0 Å². The number of ketones is 1. The molecule has 1 amide bonds. The topological polar surface area (TPSA) is 37.4 Å². The van der Waals surface area contributed by atoms with Gasteiger partial charge < -0.3 is 4.90 Å². The second kappa shape index (κ2) is 12.9. The summed E-state index contributed by atoms with van der Waals surface area (Å²) in [6.07, 6.45) is 11.5. The summed E-state index contributed by atoms with van der Waals surface area (Å²) < 4.78 is 0. The quantitative estimate of drug-likeness (QED) is 0.309. The largest absolute Gasteiger partial charge is 0.315 e. The number of amides is 1. The SMILES string of the molecule is CCCCCCCCCCCC(=O)CC(=O)N(C)c1ccc(Cl)cc1. The number of anilines is 1. The Morgan fingerprint density at radius 2 is 1.40 bits per heavy atom. The molecule has 0 fully saturated rings. The average Bonchev–Trinajstić information content (AvgIpc) is 2.60. The van der Waals surface area contributed by atoms with Gasteiger partial charge in [-0.3, -0.25) is 9.59 Å². The van der Waals surface area contributed by atoms with Crippen molar-refractivity contribution in [2.75, 3.05) is 11.9 Å². The third-order valence-corrected chi connectivity index (χ3v) is 4.75. The van der Waals surface area contributed by atoms with Gasteiger partial charge in [-0.2, -0.15) is 0 Å². The molecule has 140 valence electrons. The van der Waals surface area contributed by atoms with E-state index in [0.717, 1.165) is 18.5 Å². The Bertz CT molecular complexity index is 513. The van der Waals surface area contributed by atoms with Crippen molar-refractivity contribution in [3.63, 3.8) is 0 Å². The Labute approximate surface area is 157 Å². The van der Waals surface area contributed by atoms with Gasteiger partial charge in [0, 0.05) is 24.2 Å². The van der Waals surface area contributed by atoms with Gasteiger partial charge in [0.1, 0.15) is 5.78 Å². The molecule has 0 bridgehead atoms. The summed E-state index contributed by atoms with van der Waals surface area (Å²) in [5.74, 6) is -0.128. The number of nitrogens with zero attached hydrogens (tertiary/aromatic N) is 1. The molecule has 0 aliphatic rings. The van der Waals surface area contributed by atoms with Crippen molar-refractivity contribution in [1.82, 2.24) is 0 Å². The Morgan fingerprint density at radius 1 is 0.880 bits per heavy atom. The van der Waals surface area contributed by atoms with Crippen LogP contribution in [-0.4, -0.2) is 18.7 Å². The number of hydrogen-bond donors (Lipinski definition) is 0. The van der Waals surface area contributed by atoms with Crippen LogP contribution in [0.3, 0.4) is 0 Å². The molecular weight excluding hydrogens is 334 g/mol. The minimum absolute atomic E-state index is 0.0177. The van der Waals surface area contributed by atoms with Crippen LogP contribution in [0.5, 0.6) is 0 Å².